The zero-order chi connectivity index (χ0) is 13.2. The molecule has 100 valence electrons. The van der Waals surface area contributed by atoms with Crippen LogP contribution in [0.15, 0.2) is 22.7 Å². The summed E-state index contributed by atoms with van der Waals surface area (Å²) in [6.07, 6.45) is 2.06. The van der Waals surface area contributed by atoms with Gasteiger partial charge in [-0.05, 0) is 37.6 Å². The molecule has 1 atom stereocenters. The molecule has 6 heteroatoms. The number of nitrogens with one attached hydrogen (secondary N) is 1. The van der Waals surface area contributed by atoms with E-state index in [2.05, 4.69) is 15.5 Å². The minimum Gasteiger partial charge on any atom is -0.496 e. The van der Waals surface area contributed by atoms with Crippen LogP contribution in [0.5, 0.6) is 5.75 Å². The average Bonchev–Trinajstić information content (AvgIpc) is 3.09. The number of rotatable bonds is 3. The van der Waals surface area contributed by atoms with Crippen LogP contribution in [0.2, 0.25) is 0 Å². The van der Waals surface area contributed by atoms with Gasteiger partial charge in [-0.1, -0.05) is 5.16 Å². The maximum absolute atomic E-state index is 13.3. The van der Waals surface area contributed by atoms with Gasteiger partial charge < -0.3 is 14.6 Å². The van der Waals surface area contributed by atoms with Gasteiger partial charge in [0, 0.05) is 0 Å². The third-order valence-electron chi connectivity index (χ3n) is 3.20. The van der Waals surface area contributed by atoms with Crippen molar-refractivity contribution < 1.29 is 13.7 Å². The van der Waals surface area contributed by atoms with Gasteiger partial charge in [0.15, 0.2) is 0 Å². The van der Waals surface area contributed by atoms with E-state index in [-0.39, 0.29) is 11.9 Å². The molecule has 3 rings (SSSR count). The molecular formula is C13H14FN3O2. The summed E-state index contributed by atoms with van der Waals surface area (Å²) in [5.74, 6) is 1.05. The van der Waals surface area contributed by atoms with Crippen molar-refractivity contribution >= 4 is 0 Å². The Hall–Kier alpha value is -1.95. The first-order chi connectivity index (χ1) is 9.28. The Morgan fingerprint density at radius 2 is 2.37 bits per heavy atom. The van der Waals surface area contributed by atoms with Crippen LogP contribution in [0.1, 0.15) is 24.8 Å². The monoisotopic (exact) mass is 263 g/mol. The molecule has 1 fully saturated rings. The summed E-state index contributed by atoms with van der Waals surface area (Å²) in [5.41, 5.74) is 0.496. The second-order valence-electron chi connectivity index (χ2n) is 4.45. The van der Waals surface area contributed by atoms with Gasteiger partial charge in [0.2, 0.25) is 11.7 Å². The van der Waals surface area contributed by atoms with E-state index in [4.69, 9.17) is 9.26 Å². The lowest BCUT2D eigenvalue weighted by Gasteiger charge is -2.04. The van der Waals surface area contributed by atoms with Crippen LogP contribution in [-0.4, -0.2) is 23.8 Å². The Morgan fingerprint density at radius 1 is 1.47 bits per heavy atom. The molecule has 19 heavy (non-hydrogen) atoms. The van der Waals surface area contributed by atoms with E-state index in [9.17, 15) is 4.39 Å². The zero-order valence-corrected chi connectivity index (χ0v) is 10.5. The molecule has 1 N–H and O–H groups in total. The van der Waals surface area contributed by atoms with Gasteiger partial charge in [-0.2, -0.15) is 4.98 Å². The highest BCUT2D eigenvalue weighted by Gasteiger charge is 2.23. The van der Waals surface area contributed by atoms with Crippen molar-refractivity contribution in [3.8, 4) is 17.1 Å². The molecule has 1 aromatic carbocycles. The van der Waals surface area contributed by atoms with Crippen molar-refractivity contribution in [2.75, 3.05) is 13.7 Å². The summed E-state index contributed by atoms with van der Waals surface area (Å²) in [4.78, 5) is 4.33. The van der Waals surface area contributed by atoms with Gasteiger partial charge in [0.25, 0.3) is 0 Å². The number of halogens is 1. The number of nitrogens with zero attached hydrogens (tertiary/aromatic N) is 2. The van der Waals surface area contributed by atoms with E-state index < -0.39 is 0 Å². The quantitative estimate of drug-likeness (QED) is 0.920. The Morgan fingerprint density at radius 3 is 3.11 bits per heavy atom. The maximum atomic E-state index is 13.3. The molecule has 2 aromatic rings. The van der Waals surface area contributed by atoms with E-state index >= 15 is 0 Å². The lowest BCUT2D eigenvalue weighted by atomic mass is 10.2. The van der Waals surface area contributed by atoms with Gasteiger partial charge in [-0.25, -0.2) is 4.39 Å². The number of benzene rings is 1. The molecule has 1 aliphatic heterocycles. The molecule has 1 saturated heterocycles. The lowest BCUT2D eigenvalue weighted by Crippen LogP contribution is -2.12. The summed E-state index contributed by atoms with van der Waals surface area (Å²) in [6, 6.07) is 4.33. The minimum atomic E-state index is -0.360. The first kappa shape index (κ1) is 12.1. The normalized spacial score (nSPS) is 18.7. The van der Waals surface area contributed by atoms with Crippen LogP contribution in [0, 0.1) is 5.82 Å². The molecule has 2 heterocycles. The summed E-state index contributed by atoms with van der Waals surface area (Å²) >= 11 is 0. The number of ether oxygens (including phenoxy) is 1. The largest absolute Gasteiger partial charge is 0.496 e. The Balaban J connectivity index is 1.95. The summed E-state index contributed by atoms with van der Waals surface area (Å²) in [7, 11) is 1.52. The van der Waals surface area contributed by atoms with E-state index in [1.165, 1.54) is 19.2 Å². The van der Waals surface area contributed by atoms with Crippen molar-refractivity contribution in [1.29, 1.82) is 0 Å². The zero-order valence-electron chi connectivity index (χ0n) is 10.5. The Bertz CT molecular complexity index is 579. The minimum absolute atomic E-state index is 0.0980. The smallest absolute Gasteiger partial charge is 0.244 e. The van der Waals surface area contributed by atoms with Crippen LogP contribution >= 0.6 is 0 Å². The number of hydrogen-bond acceptors (Lipinski definition) is 5. The predicted molar refractivity (Wildman–Crippen MR) is 66.2 cm³/mol. The van der Waals surface area contributed by atoms with Crippen molar-refractivity contribution in [1.82, 2.24) is 15.5 Å². The SMILES string of the molecule is COc1ccc(F)cc1-c1noc([C@@H]2CCCN2)n1. The van der Waals surface area contributed by atoms with Crippen molar-refractivity contribution in [3.05, 3.63) is 29.9 Å². The highest BCUT2D eigenvalue weighted by atomic mass is 19.1. The molecule has 0 spiro atoms. The predicted octanol–water partition coefficient (Wildman–Crippen LogP) is 2.31. The van der Waals surface area contributed by atoms with Crippen LogP contribution in [0.25, 0.3) is 11.4 Å². The molecule has 1 aromatic heterocycles. The summed E-state index contributed by atoms with van der Waals surface area (Å²) in [6.45, 7) is 0.950. The standard InChI is InChI=1S/C13H14FN3O2/c1-18-11-5-4-8(14)7-9(11)12-16-13(19-17-12)10-3-2-6-15-10/h4-5,7,10,15H,2-3,6H2,1H3/t10-/m0/s1. The molecule has 0 aliphatic carbocycles. The second kappa shape index (κ2) is 4.97. The van der Waals surface area contributed by atoms with Gasteiger partial charge in [0.05, 0.1) is 18.7 Å². The summed E-state index contributed by atoms with van der Waals surface area (Å²) in [5, 5.41) is 7.18. The fraction of sp³-hybridized carbons (Fsp3) is 0.385. The van der Waals surface area contributed by atoms with Gasteiger partial charge in [-0.3, -0.25) is 0 Å². The second-order valence-corrected chi connectivity index (χ2v) is 4.45. The molecule has 0 radical (unpaired) electrons. The van der Waals surface area contributed by atoms with Crippen LogP contribution in [0.3, 0.4) is 0 Å². The highest BCUT2D eigenvalue weighted by molar-refractivity contribution is 5.63. The Labute approximate surface area is 109 Å². The van der Waals surface area contributed by atoms with Gasteiger partial charge in [-0.15, -0.1) is 0 Å². The first-order valence-electron chi connectivity index (χ1n) is 6.19. The molecule has 0 bridgehead atoms. The topological polar surface area (TPSA) is 60.2 Å². The van der Waals surface area contributed by atoms with E-state index in [0.717, 1.165) is 19.4 Å². The number of methoxy groups -OCH3 is 1. The van der Waals surface area contributed by atoms with Crippen LogP contribution in [-0.2, 0) is 0 Å². The highest BCUT2D eigenvalue weighted by Crippen LogP contribution is 2.30. The molecule has 0 saturated carbocycles. The first-order valence-corrected chi connectivity index (χ1v) is 6.19. The Kier molecular flexibility index (Phi) is 3.16. The fourth-order valence-electron chi connectivity index (χ4n) is 2.24. The van der Waals surface area contributed by atoms with Crippen LogP contribution in [0.4, 0.5) is 4.39 Å². The van der Waals surface area contributed by atoms with E-state index in [0.29, 0.717) is 23.0 Å². The summed E-state index contributed by atoms with van der Waals surface area (Å²) < 4.78 is 23.7. The van der Waals surface area contributed by atoms with Gasteiger partial charge in [0.1, 0.15) is 11.6 Å². The lowest BCUT2D eigenvalue weighted by molar-refractivity contribution is 0.344. The van der Waals surface area contributed by atoms with Crippen molar-refractivity contribution in [2.45, 2.75) is 18.9 Å². The number of aromatic nitrogens is 2. The third kappa shape index (κ3) is 2.31. The average molecular weight is 263 g/mol. The van der Waals surface area contributed by atoms with Crippen molar-refractivity contribution in [2.24, 2.45) is 0 Å². The maximum Gasteiger partial charge on any atom is 0.244 e. The molecule has 1 aliphatic rings. The fourth-order valence-corrected chi connectivity index (χ4v) is 2.24. The number of hydrogen-bond donors (Lipinski definition) is 1. The van der Waals surface area contributed by atoms with E-state index in [1.807, 2.05) is 0 Å². The molecule has 5 nitrogen and oxygen atoms in total. The van der Waals surface area contributed by atoms with Gasteiger partial charge >= 0.3 is 0 Å². The third-order valence-corrected chi connectivity index (χ3v) is 3.20. The molecule has 0 amide bonds. The van der Waals surface area contributed by atoms with Crippen molar-refractivity contribution in [3.63, 3.8) is 0 Å². The molecule has 0 unspecified atom stereocenters. The molecular weight excluding hydrogens is 249 g/mol. The van der Waals surface area contributed by atoms with E-state index in [1.54, 1.807) is 6.07 Å². The van der Waals surface area contributed by atoms with Crippen LogP contribution < -0.4 is 10.1 Å².